The first kappa shape index (κ1) is 44.1. The van der Waals surface area contributed by atoms with E-state index in [4.69, 9.17) is 28.4 Å². The highest BCUT2D eigenvalue weighted by molar-refractivity contribution is 5.33. The van der Waals surface area contributed by atoms with Crippen LogP contribution in [-0.2, 0) is 14.2 Å². The van der Waals surface area contributed by atoms with Crippen LogP contribution in [0.4, 0.5) is 0 Å². The first-order chi connectivity index (χ1) is 20.4. The maximum Gasteiger partial charge on any atom is 0.122 e. The molecule has 0 aliphatic carbocycles. The van der Waals surface area contributed by atoms with Crippen molar-refractivity contribution in [3.05, 3.63) is 89.5 Å². The first-order valence-electron chi connectivity index (χ1n) is 15.3. The maximum atomic E-state index is 5.54. The Kier molecular flexibility index (Phi) is 25.6. The van der Waals surface area contributed by atoms with Gasteiger partial charge < -0.3 is 28.4 Å². The Morgan fingerprint density at radius 1 is 0.467 bits per heavy atom. The van der Waals surface area contributed by atoms with Crippen LogP contribution in [0.5, 0.6) is 17.2 Å². The van der Waals surface area contributed by atoms with Crippen molar-refractivity contribution in [1.29, 1.82) is 0 Å². The molecule has 0 aromatic heterocycles. The standard InChI is InChI=1S/3C10H12O2.2C3H8.3CH4/c3*1-8-4-2-3-5-10(8)12-7-9-6-11-9;2*1-3-2;;;/h3*2-5,9H,6-7H2,1H3;2*3H2,1-2H3;3*1H4. The minimum absolute atomic E-state index is 0. The van der Waals surface area contributed by atoms with Crippen LogP contribution in [-0.4, -0.2) is 58.0 Å². The van der Waals surface area contributed by atoms with Crippen molar-refractivity contribution in [1.82, 2.24) is 0 Å². The summed E-state index contributed by atoms with van der Waals surface area (Å²) < 4.78 is 31.7. The lowest BCUT2D eigenvalue weighted by molar-refractivity contribution is 0.262. The number of rotatable bonds is 9. The molecule has 3 aromatic carbocycles. The molecule has 0 amide bonds. The number of ether oxygens (including phenoxy) is 6. The van der Waals surface area contributed by atoms with Gasteiger partial charge in [0.1, 0.15) is 55.4 Å². The van der Waals surface area contributed by atoms with Crippen molar-refractivity contribution >= 4 is 0 Å². The fourth-order valence-electron chi connectivity index (χ4n) is 3.20. The highest BCUT2D eigenvalue weighted by atomic mass is 16.6. The molecule has 0 spiro atoms. The minimum Gasteiger partial charge on any atom is -0.491 e. The predicted molar refractivity (Wildman–Crippen MR) is 191 cm³/mol. The molecule has 45 heavy (non-hydrogen) atoms. The number of para-hydroxylation sites is 3. The van der Waals surface area contributed by atoms with Gasteiger partial charge in [-0.05, 0) is 55.7 Å². The quantitative estimate of drug-likeness (QED) is 0.220. The van der Waals surface area contributed by atoms with Crippen molar-refractivity contribution in [2.45, 2.75) is 102 Å². The Bertz CT molecular complexity index is 967. The Labute approximate surface area is 276 Å². The molecule has 3 aliphatic rings. The normalized spacial score (nSPS) is 17.3. The van der Waals surface area contributed by atoms with Gasteiger partial charge in [0.25, 0.3) is 0 Å². The van der Waals surface area contributed by atoms with Crippen LogP contribution < -0.4 is 14.2 Å². The number of hydrogen-bond acceptors (Lipinski definition) is 6. The molecule has 6 nitrogen and oxygen atoms in total. The molecule has 6 heteroatoms. The topological polar surface area (TPSA) is 65.3 Å². The summed E-state index contributed by atoms with van der Waals surface area (Å²) in [6, 6.07) is 24.1. The average Bonchev–Trinajstić information content (AvgIpc) is 3.82. The summed E-state index contributed by atoms with van der Waals surface area (Å²) in [7, 11) is 0. The Balaban J connectivity index is 0. The van der Waals surface area contributed by atoms with Crippen LogP contribution >= 0.6 is 0 Å². The second-order valence-corrected chi connectivity index (χ2v) is 10.5. The molecule has 0 N–H and O–H groups in total. The fourth-order valence-corrected chi connectivity index (χ4v) is 3.20. The highest BCUT2D eigenvalue weighted by Crippen LogP contribution is 2.20. The van der Waals surface area contributed by atoms with Crippen molar-refractivity contribution in [3.63, 3.8) is 0 Å². The van der Waals surface area contributed by atoms with Crippen molar-refractivity contribution in [2.75, 3.05) is 39.6 Å². The van der Waals surface area contributed by atoms with E-state index in [1.54, 1.807) is 0 Å². The monoisotopic (exact) mass is 628 g/mol. The zero-order valence-electron chi connectivity index (χ0n) is 26.8. The highest BCUT2D eigenvalue weighted by Gasteiger charge is 2.24. The van der Waals surface area contributed by atoms with E-state index in [1.165, 1.54) is 29.5 Å². The van der Waals surface area contributed by atoms with Gasteiger partial charge in [-0.15, -0.1) is 0 Å². The Hall–Kier alpha value is -3.06. The van der Waals surface area contributed by atoms with Gasteiger partial charge in [-0.1, -0.05) is 117 Å². The molecular formula is C39H64O6. The summed E-state index contributed by atoms with van der Waals surface area (Å²) in [5.74, 6) is 2.90. The third-order valence-electron chi connectivity index (χ3n) is 5.76. The summed E-state index contributed by atoms with van der Waals surface area (Å²) >= 11 is 0. The summed E-state index contributed by atoms with van der Waals surface area (Å²) in [5, 5.41) is 0. The number of benzene rings is 3. The molecule has 3 saturated heterocycles. The van der Waals surface area contributed by atoms with Crippen LogP contribution in [0.25, 0.3) is 0 Å². The summed E-state index contributed by atoms with van der Waals surface area (Å²) in [6.07, 6.45) is 3.51. The average molecular weight is 629 g/mol. The fraction of sp³-hybridized carbons (Fsp3) is 0.538. The zero-order valence-corrected chi connectivity index (χ0v) is 26.8. The second kappa shape index (κ2) is 26.2. The van der Waals surface area contributed by atoms with E-state index in [0.29, 0.717) is 38.1 Å². The van der Waals surface area contributed by atoms with E-state index in [9.17, 15) is 0 Å². The predicted octanol–water partition coefficient (Wildman–Crippen LogP) is 10.1. The molecule has 3 aromatic rings. The van der Waals surface area contributed by atoms with Crippen LogP contribution in [0, 0.1) is 20.8 Å². The molecule has 3 fully saturated rings. The third-order valence-corrected chi connectivity index (χ3v) is 5.76. The number of aryl methyl sites for hydroxylation is 3. The molecule has 3 heterocycles. The largest absolute Gasteiger partial charge is 0.491 e. The summed E-state index contributed by atoms with van der Waals surface area (Å²) in [6.45, 7) is 19.2. The molecule has 0 bridgehead atoms. The van der Waals surface area contributed by atoms with E-state index in [2.05, 4.69) is 27.7 Å². The molecule has 3 aliphatic heterocycles. The Morgan fingerprint density at radius 3 is 0.844 bits per heavy atom. The molecule has 6 rings (SSSR count). The van der Waals surface area contributed by atoms with E-state index in [1.807, 2.05) is 93.6 Å². The number of hydrogen-bond donors (Lipinski definition) is 0. The number of epoxide rings is 3. The third kappa shape index (κ3) is 21.3. The first-order valence-corrected chi connectivity index (χ1v) is 15.3. The van der Waals surface area contributed by atoms with Gasteiger partial charge in [0.2, 0.25) is 0 Å². The van der Waals surface area contributed by atoms with Gasteiger partial charge in [0.15, 0.2) is 0 Å². The molecule has 0 saturated carbocycles. The SMILES string of the molecule is C.C.C.CCC.CCC.Cc1ccccc1OCC1CO1.Cc1ccccc1OCC1CO1.Cc1ccccc1OCC1CO1. The minimum atomic E-state index is 0. The summed E-state index contributed by atoms with van der Waals surface area (Å²) in [4.78, 5) is 0. The van der Waals surface area contributed by atoms with Crippen LogP contribution in [0.15, 0.2) is 72.8 Å². The lowest BCUT2D eigenvalue weighted by Gasteiger charge is -2.06. The van der Waals surface area contributed by atoms with E-state index in [-0.39, 0.29) is 22.3 Å². The van der Waals surface area contributed by atoms with Gasteiger partial charge in [-0.25, -0.2) is 0 Å². The molecule has 256 valence electrons. The van der Waals surface area contributed by atoms with Crippen LogP contribution in [0.1, 0.15) is 79.5 Å². The van der Waals surface area contributed by atoms with Gasteiger partial charge in [-0.2, -0.15) is 0 Å². The van der Waals surface area contributed by atoms with Gasteiger partial charge >= 0.3 is 0 Å². The van der Waals surface area contributed by atoms with Crippen LogP contribution in [0.2, 0.25) is 0 Å². The van der Waals surface area contributed by atoms with Gasteiger partial charge in [0, 0.05) is 0 Å². The van der Waals surface area contributed by atoms with E-state index < -0.39 is 0 Å². The second-order valence-electron chi connectivity index (χ2n) is 10.5. The molecule has 0 radical (unpaired) electrons. The lowest BCUT2D eigenvalue weighted by atomic mass is 10.2. The lowest BCUT2D eigenvalue weighted by Crippen LogP contribution is -2.04. The zero-order chi connectivity index (χ0) is 30.6. The van der Waals surface area contributed by atoms with E-state index in [0.717, 1.165) is 37.1 Å². The molecule has 3 atom stereocenters. The van der Waals surface area contributed by atoms with Crippen LogP contribution in [0.3, 0.4) is 0 Å². The van der Waals surface area contributed by atoms with Crippen molar-refractivity contribution in [2.24, 2.45) is 0 Å². The smallest absolute Gasteiger partial charge is 0.122 e. The van der Waals surface area contributed by atoms with Crippen molar-refractivity contribution in [3.8, 4) is 17.2 Å². The van der Waals surface area contributed by atoms with Gasteiger partial charge in [0.05, 0.1) is 19.8 Å². The molecule has 3 unspecified atom stereocenters. The maximum absolute atomic E-state index is 5.54. The molecular weight excluding hydrogens is 564 g/mol. The Morgan fingerprint density at radius 2 is 0.667 bits per heavy atom. The van der Waals surface area contributed by atoms with Gasteiger partial charge in [-0.3, -0.25) is 0 Å². The van der Waals surface area contributed by atoms with Crippen molar-refractivity contribution < 1.29 is 28.4 Å². The van der Waals surface area contributed by atoms with E-state index >= 15 is 0 Å². The summed E-state index contributed by atoms with van der Waals surface area (Å²) in [5.41, 5.74) is 3.54.